The molecule has 2 aromatic rings. The zero-order chi connectivity index (χ0) is 17.5. The quantitative estimate of drug-likeness (QED) is 0.666. The van der Waals surface area contributed by atoms with Crippen LogP contribution in [0.5, 0.6) is 0 Å². The first-order chi connectivity index (χ1) is 11.5. The third kappa shape index (κ3) is 4.64. The summed E-state index contributed by atoms with van der Waals surface area (Å²) >= 11 is 0. The van der Waals surface area contributed by atoms with Crippen LogP contribution in [0.15, 0.2) is 48.5 Å². The maximum absolute atomic E-state index is 12.8. The largest absolute Gasteiger partial charge is 0.462 e. The fourth-order valence-electron chi connectivity index (χ4n) is 1.81. The van der Waals surface area contributed by atoms with E-state index in [1.54, 1.807) is 6.92 Å². The van der Waals surface area contributed by atoms with Gasteiger partial charge in [0.1, 0.15) is 5.82 Å². The molecule has 0 aliphatic carbocycles. The lowest BCUT2D eigenvalue weighted by Crippen LogP contribution is -2.29. The summed E-state index contributed by atoms with van der Waals surface area (Å²) in [7, 11) is 0. The van der Waals surface area contributed by atoms with Crippen LogP contribution in [0.2, 0.25) is 0 Å². The normalized spacial score (nSPS) is 9.92. The second-order valence-corrected chi connectivity index (χ2v) is 4.71. The number of esters is 1. The summed E-state index contributed by atoms with van der Waals surface area (Å²) in [6.45, 7) is 1.97. The number of rotatable bonds is 4. The third-order valence-electron chi connectivity index (χ3n) is 2.96. The summed E-state index contributed by atoms with van der Waals surface area (Å²) in [5.41, 5.74) is 0.988. The van der Waals surface area contributed by atoms with Crippen molar-refractivity contribution in [1.29, 1.82) is 0 Å². The van der Waals surface area contributed by atoms with Crippen molar-refractivity contribution in [3.8, 4) is 0 Å². The number of hydrogen-bond donors (Lipinski definition) is 2. The number of halogens is 1. The van der Waals surface area contributed by atoms with Gasteiger partial charge in [-0.15, -0.1) is 0 Å². The predicted octanol–water partition coefficient (Wildman–Crippen LogP) is 2.58. The molecule has 2 amide bonds. The molecule has 2 N–H and O–H groups in total. The second-order valence-electron chi connectivity index (χ2n) is 4.71. The molecule has 0 radical (unpaired) electrons. The topological polar surface area (TPSA) is 84.5 Å². The van der Waals surface area contributed by atoms with E-state index in [0.29, 0.717) is 16.9 Å². The fourth-order valence-corrected chi connectivity index (χ4v) is 1.81. The van der Waals surface area contributed by atoms with Gasteiger partial charge in [0.25, 0.3) is 0 Å². The first kappa shape index (κ1) is 17.1. The van der Waals surface area contributed by atoms with Gasteiger partial charge in [-0.05, 0) is 55.5 Å². The van der Waals surface area contributed by atoms with Crippen LogP contribution in [-0.4, -0.2) is 24.4 Å². The number of carbonyl (C=O) groups is 3. The predicted molar refractivity (Wildman–Crippen MR) is 86.1 cm³/mol. The molecule has 0 unspecified atom stereocenters. The van der Waals surface area contributed by atoms with Gasteiger partial charge < -0.3 is 15.4 Å². The van der Waals surface area contributed by atoms with Crippen molar-refractivity contribution in [2.24, 2.45) is 0 Å². The van der Waals surface area contributed by atoms with Crippen molar-refractivity contribution in [2.75, 3.05) is 17.2 Å². The van der Waals surface area contributed by atoms with Gasteiger partial charge >= 0.3 is 17.8 Å². The molecule has 0 saturated carbocycles. The standard InChI is InChI=1S/C17H15FN2O4/c1-2-24-17(23)11-3-7-13(8-4-11)19-15(21)16(22)20-14-9-5-12(18)6-10-14/h3-10H,2H2,1H3,(H,19,21)(H,20,22). The highest BCUT2D eigenvalue weighted by Gasteiger charge is 2.14. The molecule has 124 valence electrons. The summed E-state index contributed by atoms with van der Waals surface area (Å²) in [4.78, 5) is 35.1. The molecular weight excluding hydrogens is 315 g/mol. The van der Waals surface area contributed by atoms with Crippen molar-refractivity contribution >= 4 is 29.2 Å². The van der Waals surface area contributed by atoms with Crippen molar-refractivity contribution in [3.05, 3.63) is 59.9 Å². The smallest absolute Gasteiger partial charge is 0.338 e. The molecule has 0 aliphatic heterocycles. The van der Waals surface area contributed by atoms with Gasteiger partial charge in [0.05, 0.1) is 12.2 Å². The number of carbonyl (C=O) groups excluding carboxylic acids is 3. The van der Waals surface area contributed by atoms with E-state index < -0.39 is 23.6 Å². The molecule has 0 heterocycles. The van der Waals surface area contributed by atoms with Crippen molar-refractivity contribution in [1.82, 2.24) is 0 Å². The number of nitrogens with one attached hydrogen (secondary N) is 2. The SMILES string of the molecule is CCOC(=O)c1ccc(NC(=O)C(=O)Nc2ccc(F)cc2)cc1. The molecule has 0 bridgehead atoms. The molecule has 0 atom stereocenters. The highest BCUT2D eigenvalue weighted by Crippen LogP contribution is 2.12. The van der Waals surface area contributed by atoms with Crippen LogP contribution in [0.3, 0.4) is 0 Å². The summed E-state index contributed by atoms with van der Waals surface area (Å²) in [6, 6.07) is 10.9. The first-order valence-electron chi connectivity index (χ1n) is 7.14. The average Bonchev–Trinajstić information content (AvgIpc) is 2.57. The van der Waals surface area contributed by atoms with E-state index in [-0.39, 0.29) is 6.61 Å². The highest BCUT2D eigenvalue weighted by molar-refractivity contribution is 6.43. The molecule has 0 saturated heterocycles. The summed E-state index contributed by atoms with van der Waals surface area (Å²) < 4.78 is 17.6. The maximum atomic E-state index is 12.8. The van der Waals surface area contributed by atoms with E-state index in [2.05, 4.69) is 10.6 Å². The second kappa shape index (κ2) is 7.87. The molecule has 7 heteroatoms. The van der Waals surface area contributed by atoms with Crippen LogP contribution in [0.25, 0.3) is 0 Å². The number of ether oxygens (including phenoxy) is 1. The lowest BCUT2D eigenvalue weighted by Gasteiger charge is -2.07. The highest BCUT2D eigenvalue weighted by atomic mass is 19.1. The lowest BCUT2D eigenvalue weighted by molar-refractivity contribution is -0.132. The Morgan fingerprint density at radius 3 is 1.79 bits per heavy atom. The van der Waals surface area contributed by atoms with Gasteiger partial charge in [0.15, 0.2) is 0 Å². The summed E-state index contributed by atoms with van der Waals surface area (Å²) in [5.74, 6) is -2.69. The molecule has 6 nitrogen and oxygen atoms in total. The van der Waals surface area contributed by atoms with Crippen molar-refractivity contribution in [3.63, 3.8) is 0 Å². The molecule has 0 fully saturated rings. The van der Waals surface area contributed by atoms with Gasteiger partial charge in [0.2, 0.25) is 0 Å². The molecule has 2 rings (SSSR count). The Kier molecular flexibility index (Phi) is 5.62. The monoisotopic (exact) mass is 330 g/mol. The maximum Gasteiger partial charge on any atom is 0.338 e. The van der Waals surface area contributed by atoms with E-state index in [0.717, 1.165) is 0 Å². The van der Waals surface area contributed by atoms with E-state index in [4.69, 9.17) is 4.74 Å². The Hall–Kier alpha value is -3.22. The van der Waals surface area contributed by atoms with Gasteiger partial charge in [-0.2, -0.15) is 0 Å². The summed E-state index contributed by atoms with van der Waals surface area (Å²) in [6.07, 6.45) is 0. The van der Waals surface area contributed by atoms with E-state index in [1.165, 1.54) is 48.5 Å². The van der Waals surface area contributed by atoms with Gasteiger partial charge in [-0.3, -0.25) is 9.59 Å². The zero-order valence-electron chi connectivity index (χ0n) is 12.8. The number of amides is 2. The van der Waals surface area contributed by atoms with Crippen LogP contribution in [0.4, 0.5) is 15.8 Å². The van der Waals surface area contributed by atoms with E-state index in [1.807, 2.05) is 0 Å². The molecule has 2 aromatic carbocycles. The minimum atomic E-state index is -0.893. The van der Waals surface area contributed by atoms with E-state index in [9.17, 15) is 18.8 Å². The Labute approximate surface area is 137 Å². The molecule has 0 spiro atoms. The van der Waals surface area contributed by atoms with Crippen LogP contribution in [-0.2, 0) is 14.3 Å². The van der Waals surface area contributed by atoms with Crippen LogP contribution < -0.4 is 10.6 Å². The Balaban J connectivity index is 1.94. The van der Waals surface area contributed by atoms with E-state index >= 15 is 0 Å². The van der Waals surface area contributed by atoms with Gasteiger partial charge in [0, 0.05) is 11.4 Å². The Morgan fingerprint density at radius 1 is 0.875 bits per heavy atom. The minimum Gasteiger partial charge on any atom is -0.462 e. The van der Waals surface area contributed by atoms with Crippen LogP contribution >= 0.6 is 0 Å². The number of anilines is 2. The molecule has 0 aromatic heterocycles. The number of hydrogen-bond acceptors (Lipinski definition) is 4. The molecular formula is C17H15FN2O4. The zero-order valence-corrected chi connectivity index (χ0v) is 12.8. The van der Waals surface area contributed by atoms with Gasteiger partial charge in [-0.1, -0.05) is 0 Å². The number of benzene rings is 2. The van der Waals surface area contributed by atoms with Crippen LogP contribution in [0.1, 0.15) is 17.3 Å². The third-order valence-corrected chi connectivity index (χ3v) is 2.96. The Bertz CT molecular complexity index is 742. The average molecular weight is 330 g/mol. The fraction of sp³-hybridized carbons (Fsp3) is 0.118. The first-order valence-corrected chi connectivity index (χ1v) is 7.14. The van der Waals surface area contributed by atoms with Crippen molar-refractivity contribution in [2.45, 2.75) is 6.92 Å². The Morgan fingerprint density at radius 2 is 1.33 bits per heavy atom. The molecule has 0 aliphatic rings. The molecule has 24 heavy (non-hydrogen) atoms. The van der Waals surface area contributed by atoms with Crippen molar-refractivity contribution < 1.29 is 23.5 Å². The van der Waals surface area contributed by atoms with Crippen LogP contribution in [0, 0.1) is 5.82 Å². The lowest BCUT2D eigenvalue weighted by atomic mass is 10.2. The van der Waals surface area contributed by atoms with Gasteiger partial charge in [-0.25, -0.2) is 9.18 Å². The summed E-state index contributed by atoms with van der Waals surface area (Å²) in [5, 5.41) is 4.74. The minimum absolute atomic E-state index is 0.265.